The quantitative estimate of drug-likeness (QED) is 0.453. The Morgan fingerprint density at radius 1 is 1.11 bits per heavy atom. The molecule has 6 nitrogen and oxygen atoms in total. The number of nitrogens with one attached hydrogen (secondary N) is 2. The highest BCUT2D eigenvalue weighted by molar-refractivity contribution is 5.82. The lowest BCUT2D eigenvalue weighted by Crippen LogP contribution is -2.51. The standard InChI is InChI=1S/C13H26N2O4/c1-3-4-5-6-7-8-9-14-13(19)15-11(10(2)16)12(17)18/h10-11,16H,3-9H2,1-2H3,(H,17,18)(H2,14,15,19)/t10-,11+/m1/s1. The minimum Gasteiger partial charge on any atom is -0.480 e. The minimum atomic E-state index is -1.27. The van der Waals surface area contributed by atoms with Crippen molar-refractivity contribution in [2.24, 2.45) is 0 Å². The number of carboxylic acids is 1. The van der Waals surface area contributed by atoms with Gasteiger partial charge in [-0.05, 0) is 13.3 Å². The van der Waals surface area contributed by atoms with Crippen molar-refractivity contribution in [3.8, 4) is 0 Å². The monoisotopic (exact) mass is 274 g/mol. The van der Waals surface area contributed by atoms with E-state index < -0.39 is 24.1 Å². The summed E-state index contributed by atoms with van der Waals surface area (Å²) >= 11 is 0. The van der Waals surface area contributed by atoms with Crippen molar-refractivity contribution in [2.75, 3.05) is 6.54 Å². The summed E-state index contributed by atoms with van der Waals surface area (Å²) in [7, 11) is 0. The molecule has 0 aromatic rings. The van der Waals surface area contributed by atoms with Crippen LogP contribution in [0.1, 0.15) is 52.4 Å². The summed E-state index contributed by atoms with van der Waals surface area (Å²) in [5, 5.41) is 22.8. The molecule has 0 aliphatic carbocycles. The summed E-state index contributed by atoms with van der Waals surface area (Å²) in [5.41, 5.74) is 0. The van der Waals surface area contributed by atoms with Crippen molar-refractivity contribution < 1.29 is 19.8 Å². The first-order chi connectivity index (χ1) is 8.99. The van der Waals surface area contributed by atoms with Crippen LogP contribution < -0.4 is 10.6 Å². The number of hydrogen-bond acceptors (Lipinski definition) is 3. The Balaban J connectivity index is 3.66. The van der Waals surface area contributed by atoms with E-state index in [0.29, 0.717) is 6.54 Å². The number of urea groups is 1. The van der Waals surface area contributed by atoms with Crippen LogP contribution in [0.5, 0.6) is 0 Å². The van der Waals surface area contributed by atoms with Crippen LogP contribution in [0.4, 0.5) is 4.79 Å². The molecule has 0 spiro atoms. The Bertz CT molecular complexity index is 269. The summed E-state index contributed by atoms with van der Waals surface area (Å²) in [6.07, 6.45) is 5.62. The second-order valence-corrected chi connectivity index (χ2v) is 4.72. The predicted molar refractivity (Wildman–Crippen MR) is 73.0 cm³/mol. The summed E-state index contributed by atoms with van der Waals surface area (Å²) in [6, 6.07) is -1.83. The molecular weight excluding hydrogens is 248 g/mol. The van der Waals surface area contributed by atoms with Crippen molar-refractivity contribution in [3.63, 3.8) is 0 Å². The molecule has 2 atom stereocenters. The van der Waals surface area contributed by atoms with Crippen LogP contribution in [-0.4, -0.2) is 40.9 Å². The number of carboxylic acid groups (broad SMARTS) is 1. The van der Waals surface area contributed by atoms with E-state index in [1.165, 1.54) is 26.2 Å². The lowest BCUT2D eigenvalue weighted by molar-refractivity contribution is -0.141. The van der Waals surface area contributed by atoms with E-state index in [1.54, 1.807) is 0 Å². The number of aliphatic hydroxyl groups is 1. The van der Waals surface area contributed by atoms with Crippen molar-refractivity contribution in [1.82, 2.24) is 10.6 Å². The molecule has 0 saturated heterocycles. The molecule has 2 amide bonds. The zero-order valence-corrected chi connectivity index (χ0v) is 11.8. The van der Waals surface area contributed by atoms with Gasteiger partial charge in [0, 0.05) is 6.54 Å². The number of carbonyl (C=O) groups excluding carboxylic acids is 1. The number of carbonyl (C=O) groups is 2. The van der Waals surface area contributed by atoms with Gasteiger partial charge in [0.25, 0.3) is 0 Å². The molecule has 6 heteroatoms. The van der Waals surface area contributed by atoms with Gasteiger partial charge < -0.3 is 20.8 Å². The van der Waals surface area contributed by atoms with E-state index in [-0.39, 0.29) is 0 Å². The number of unbranched alkanes of at least 4 members (excludes halogenated alkanes) is 5. The fourth-order valence-corrected chi connectivity index (χ4v) is 1.69. The fraction of sp³-hybridized carbons (Fsp3) is 0.846. The number of aliphatic carboxylic acids is 1. The Kier molecular flexibility index (Phi) is 9.88. The summed E-state index contributed by atoms with van der Waals surface area (Å²) in [6.45, 7) is 4.00. The Labute approximate surface area is 114 Å². The Hall–Kier alpha value is -1.30. The Morgan fingerprint density at radius 2 is 1.68 bits per heavy atom. The second-order valence-electron chi connectivity index (χ2n) is 4.72. The molecule has 0 aromatic carbocycles. The van der Waals surface area contributed by atoms with Crippen LogP contribution in [-0.2, 0) is 4.79 Å². The van der Waals surface area contributed by atoms with Gasteiger partial charge in [0.05, 0.1) is 6.10 Å². The number of hydrogen-bond donors (Lipinski definition) is 4. The van der Waals surface area contributed by atoms with Crippen LogP contribution in [0, 0.1) is 0 Å². The van der Waals surface area contributed by atoms with Crippen molar-refractivity contribution in [2.45, 2.75) is 64.5 Å². The molecular formula is C13H26N2O4. The first-order valence-corrected chi connectivity index (χ1v) is 6.94. The van der Waals surface area contributed by atoms with Crippen LogP contribution >= 0.6 is 0 Å². The highest BCUT2D eigenvalue weighted by atomic mass is 16.4. The highest BCUT2D eigenvalue weighted by Crippen LogP contribution is 2.04. The third kappa shape index (κ3) is 9.30. The van der Waals surface area contributed by atoms with Crippen molar-refractivity contribution in [1.29, 1.82) is 0 Å². The largest absolute Gasteiger partial charge is 0.480 e. The summed E-state index contributed by atoms with van der Waals surface area (Å²) < 4.78 is 0. The molecule has 0 aliphatic heterocycles. The zero-order chi connectivity index (χ0) is 14.7. The normalized spacial score (nSPS) is 13.6. The highest BCUT2D eigenvalue weighted by Gasteiger charge is 2.24. The molecule has 0 fully saturated rings. The maximum absolute atomic E-state index is 11.4. The lowest BCUT2D eigenvalue weighted by atomic mass is 10.1. The zero-order valence-electron chi connectivity index (χ0n) is 11.8. The smallest absolute Gasteiger partial charge is 0.328 e. The first kappa shape index (κ1) is 17.7. The molecule has 112 valence electrons. The number of amides is 2. The molecule has 0 aromatic heterocycles. The first-order valence-electron chi connectivity index (χ1n) is 6.94. The number of rotatable bonds is 10. The molecule has 0 saturated carbocycles. The topological polar surface area (TPSA) is 98.7 Å². The minimum absolute atomic E-state index is 0.518. The molecule has 19 heavy (non-hydrogen) atoms. The van der Waals surface area contributed by atoms with Crippen LogP contribution in [0.25, 0.3) is 0 Å². The fourth-order valence-electron chi connectivity index (χ4n) is 1.69. The van der Waals surface area contributed by atoms with Gasteiger partial charge in [-0.25, -0.2) is 9.59 Å². The van der Waals surface area contributed by atoms with Gasteiger partial charge in [-0.1, -0.05) is 39.0 Å². The van der Waals surface area contributed by atoms with Crippen LogP contribution in [0.2, 0.25) is 0 Å². The lowest BCUT2D eigenvalue weighted by Gasteiger charge is -2.17. The van der Waals surface area contributed by atoms with Crippen LogP contribution in [0.15, 0.2) is 0 Å². The average molecular weight is 274 g/mol. The maximum Gasteiger partial charge on any atom is 0.328 e. The molecule has 0 unspecified atom stereocenters. The SMILES string of the molecule is CCCCCCCCNC(=O)N[C@H](C(=O)O)[C@@H](C)O. The van der Waals surface area contributed by atoms with Crippen LogP contribution in [0.3, 0.4) is 0 Å². The van der Waals surface area contributed by atoms with E-state index >= 15 is 0 Å². The molecule has 0 radical (unpaired) electrons. The molecule has 0 aliphatic rings. The van der Waals surface area contributed by atoms with E-state index in [0.717, 1.165) is 19.3 Å². The van der Waals surface area contributed by atoms with E-state index in [2.05, 4.69) is 17.6 Å². The van der Waals surface area contributed by atoms with Gasteiger partial charge in [-0.15, -0.1) is 0 Å². The van der Waals surface area contributed by atoms with Gasteiger partial charge in [0.1, 0.15) is 0 Å². The van der Waals surface area contributed by atoms with Crippen molar-refractivity contribution in [3.05, 3.63) is 0 Å². The summed E-state index contributed by atoms with van der Waals surface area (Å²) in [5.74, 6) is -1.25. The molecule has 0 rings (SSSR count). The van der Waals surface area contributed by atoms with E-state index in [1.807, 2.05) is 0 Å². The molecule has 4 N–H and O–H groups in total. The third-order valence-electron chi connectivity index (χ3n) is 2.85. The maximum atomic E-state index is 11.4. The summed E-state index contributed by atoms with van der Waals surface area (Å²) in [4.78, 5) is 22.2. The van der Waals surface area contributed by atoms with Gasteiger partial charge in [-0.3, -0.25) is 0 Å². The average Bonchev–Trinajstić information content (AvgIpc) is 2.34. The molecule has 0 heterocycles. The second kappa shape index (κ2) is 10.6. The predicted octanol–water partition coefficient (Wildman–Crippen LogP) is 1.48. The van der Waals surface area contributed by atoms with Gasteiger partial charge >= 0.3 is 12.0 Å². The molecule has 0 bridgehead atoms. The Morgan fingerprint density at radius 3 is 2.21 bits per heavy atom. The van der Waals surface area contributed by atoms with E-state index in [9.17, 15) is 14.7 Å². The van der Waals surface area contributed by atoms with Crippen molar-refractivity contribution >= 4 is 12.0 Å². The van der Waals surface area contributed by atoms with E-state index in [4.69, 9.17) is 5.11 Å². The van der Waals surface area contributed by atoms with Gasteiger partial charge in [-0.2, -0.15) is 0 Å². The number of aliphatic hydroxyl groups excluding tert-OH is 1. The third-order valence-corrected chi connectivity index (χ3v) is 2.85. The van der Waals surface area contributed by atoms with Gasteiger partial charge in [0.2, 0.25) is 0 Å². The van der Waals surface area contributed by atoms with Gasteiger partial charge in [0.15, 0.2) is 6.04 Å².